The molecule has 94 valence electrons. The average Bonchev–Trinajstić information content (AvgIpc) is 2.14. The van der Waals surface area contributed by atoms with E-state index >= 15 is 0 Å². The van der Waals surface area contributed by atoms with Crippen molar-refractivity contribution in [2.45, 2.75) is 39.9 Å². The Bertz CT molecular complexity index is 335. The molecule has 0 fully saturated rings. The fraction of sp³-hybridized carbons (Fsp3) is 0.500. The summed E-state index contributed by atoms with van der Waals surface area (Å²) in [5.74, 6) is 0.876. The van der Waals surface area contributed by atoms with E-state index < -0.39 is 7.12 Å². The molecule has 0 heterocycles. The third kappa shape index (κ3) is 3.95. The molecule has 0 spiro atoms. The van der Waals surface area contributed by atoms with E-state index in [0.29, 0.717) is 11.5 Å². The molecule has 0 radical (unpaired) electrons. The predicted octanol–water partition coefficient (Wildman–Crippen LogP) is 0.941. The zero-order valence-corrected chi connectivity index (χ0v) is 10.7. The van der Waals surface area contributed by atoms with Crippen LogP contribution in [0.5, 0.6) is 11.5 Å². The summed E-state index contributed by atoms with van der Waals surface area (Å²) in [4.78, 5) is 0. The normalized spacial score (nSPS) is 10.8. The molecule has 4 nitrogen and oxygen atoms in total. The van der Waals surface area contributed by atoms with Gasteiger partial charge in [-0.1, -0.05) is 6.07 Å². The summed E-state index contributed by atoms with van der Waals surface area (Å²) in [5, 5.41) is 18.8. The first-order chi connectivity index (χ1) is 7.91. The van der Waals surface area contributed by atoms with Gasteiger partial charge in [0.1, 0.15) is 11.5 Å². The molecule has 0 saturated heterocycles. The third-order valence-electron chi connectivity index (χ3n) is 2.01. The predicted molar refractivity (Wildman–Crippen MR) is 67.8 cm³/mol. The zero-order valence-electron chi connectivity index (χ0n) is 10.7. The fourth-order valence-corrected chi connectivity index (χ4v) is 1.49. The minimum absolute atomic E-state index is 0.0400. The van der Waals surface area contributed by atoms with Crippen molar-refractivity contribution in [1.82, 2.24) is 0 Å². The van der Waals surface area contributed by atoms with Crippen LogP contribution in [0.3, 0.4) is 0 Å². The lowest BCUT2D eigenvalue weighted by atomic mass is 9.78. The molecule has 5 heteroatoms. The van der Waals surface area contributed by atoms with Crippen LogP contribution in [0.15, 0.2) is 18.2 Å². The maximum Gasteiger partial charge on any atom is 0.496 e. The van der Waals surface area contributed by atoms with Gasteiger partial charge < -0.3 is 19.5 Å². The van der Waals surface area contributed by atoms with Crippen LogP contribution in [-0.2, 0) is 0 Å². The van der Waals surface area contributed by atoms with E-state index in [9.17, 15) is 10.0 Å². The first-order valence-corrected chi connectivity index (χ1v) is 5.74. The number of rotatable bonds is 5. The van der Waals surface area contributed by atoms with Crippen LogP contribution >= 0.6 is 0 Å². The quantitative estimate of drug-likeness (QED) is 0.749. The van der Waals surface area contributed by atoms with Gasteiger partial charge in [0.15, 0.2) is 0 Å². The van der Waals surface area contributed by atoms with Crippen molar-refractivity contribution in [3.63, 3.8) is 0 Å². The Morgan fingerprint density at radius 1 is 0.941 bits per heavy atom. The molecule has 0 aliphatic heterocycles. The molecular formula is C12H19BO4. The largest absolute Gasteiger partial charge is 0.496 e. The lowest BCUT2D eigenvalue weighted by Gasteiger charge is -2.18. The molecule has 0 aliphatic rings. The smallest absolute Gasteiger partial charge is 0.491 e. The van der Waals surface area contributed by atoms with Crippen molar-refractivity contribution < 1.29 is 19.5 Å². The number of ether oxygens (including phenoxy) is 2. The standard InChI is InChI=1S/C12H19BO4/c1-8(2)16-10-6-5-7-11(17-9(3)4)12(10)13(14)15/h5-9,14-15H,1-4H3. The van der Waals surface area contributed by atoms with Crippen molar-refractivity contribution >= 4 is 12.6 Å². The Balaban J connectivity index is 3.12. The minimum Gasteiger partial charge on any atom is -0.491 e. The molecule has 0 saturated carbocycles. The molecule has 0 aromatic heterocycles. The lowest BCUT2D eigenvalue weighted by molar-refractivity contribution is 0.231. The Labute approximate surface area is 102 Å². The van der Waals surface area contributed by atoms with Crippen molar-refractivity contribution in [2.24, 2.45) is 0 Å². The molecule has 2 N–H and O–H groups in total. The van der Waals surface area contributed by atoms with Gasteiger partial charge in [-0.3, -0.25) is 0 Å². The average molecular weight is 238 g/mol. The molecule has 0 aliphatic carbocycles. The highest BCUT2D eigenvalue weighted by Gasteiger charge is 2.23. The SMILES string of the molecule is CC(C)Oc1cccc(OC(C)C)c1B(O)O. The summed E-state index contributed by atoms with van der Waals surface area (Å²) in [6.45, 7) is 7.51. The van der Waals surface area contributed by atoms with Gasteiger partial charge >= 0.3 is 7.12 Å². The van der Waals surface area contributed by atoms with Crippen LogP contribution in [-0.4, -0.2) is 29.4 Å². The second kappa shape index (κ2) is 5.93. The topological polar surface area (TPSA) is 58.9 Å². The molecule has 0 amide bonds. The zero-order chi connectivity index (χ0) is 13.0. The van der Waals surface area contributed by atoms with Crippen LogP contribution in [0, 0.1) is 0 Å². The fourth-order valence-electron chi connectivity index (χ4n) is 1.49. The van der Waals surface area contributed by atoms with Gasteiger partial charge in [-0.2, -0.15) is 0 Å². The maximum absolute atomic E-state index is 9.41. The monoisotopic (exact) mass is 238 g/mol. The molecule has 1 aromatic rings. The van der Waals surface area contributed by atoms with Crippen molar-refractivity contribution in [2.75, 3.05) is 0 Å². The van der Waals surface area contributed by atoms with Gasteiger partial charge in [-0.05, 0) is 39.8 Å². The van der Waals surface area contributed by atoms with Crippen LogP contribution < -0.4 is 14.9 Å². The highest BCUT2D eigenvalue weighted by atomic mass is 16.5. The van der Waals surface area contributed by atoms with E-state index in [0.717, 1.165) is 0 Å². The van der Waals surface area contributed by atoms with Gasteiger partial charge in [0, 0.05) is 0 Å². The summed E-state index contributed by atoms with van der Waals surface area (Å²) in [7, 11) is -1.61. The van der Waals surface area contributed by atoms with Gasteiger partial charge in [-0.25, -0.2) is 0 Å². The molecule has 1 rings (SSSR count). The second-order valence-electron chi connectivity index (χ2n) is 4.37. The molecule has 0 bridgehead atoms. The summed E-state index contributed by atoms with van der Waals surface area (Å²) in [5.41, 5.74) is 0.273. The number of hydrogen-bond acceptors (Lipinski definition) is 4. The summed E-state index contributed by atoms with van der Waals surface area (Å²) < 4.78 is 11.1. The maximum atomic E-state index is 9.41. The van der Waals surface area contributed by atoms with E-state index in [1.165, 1.54) is 0 Å². The Morgan fingerprint density at radius 3 is 1.65 bits per heavy atom. The molecule has 0 unspecified atom stereocenters. The van der Waals surface area contributed by atoms with Gasteiger partial charge in [0.2, 0.25) is 0 Å². The van der Waals surface area contributed by atoms with Crippen molar-refractivity contribution in [3.8, 4) is 11.5 Å². The Kier molecular flexibility index (Phi) is 4.84. The summed E-state index contributed by atoms with van der Waals surface area (Å²) in [6, 6.07) is 5.16. The van der Waals surface area contributed by atoms with Crippen LogP contribution in [0.2, 0.25) is 0 Å². The highest BCUT2D eigenvalue weighted by molar-refractivity contribution is 6.60. The first-order valence-electron chi connectivity index (χ1n) is 5.74. The van der Waals surface area contributed by atoms with E-state index in [2.05, 4.69) is 0 Å². The molecule has 1 aromatic carbocycles. The first kappa shape index (κ1) is 13.9. The molecule has 17 heavy (non-hydrogen) atoms. The lowest BCUT2D eigenvalue weighted by Crippen LogP contribution is -2.34. The van der Waals surface area contributed by atoms with E-state index in [1.54, 1.807) is 18.2 Å². The summed E-state index contributed by atoms with van der Waals surface area (Å²) >= 11 is 0. The van der Waals surface area contributed by atoms with Gasteiger partial charge in [0.25, 0.3) is 0 Å². The Morgan fingerprint density at radius 2 is 1.35 bits per heavy atom. The minimum atomic E-state index is -1.61. The number of hydrogen-bond donors (Lipinski definition) is 2. The van der Waals surface area contributed by atoms with E-state index in [-0.39, 0.29) is 17.7 Å². The van der Waals surface area contributed by atoms with Gasteiger partial charge in [-0.15, -0.1) is 0 Å². The second-order valence-corrected chi connectivity index (χ2v) is 4.37. The summed E-state index contributed by atoms with van der Waals surface area (Å²) in [6.07, 6.45) is -0.0800. The van der Waals surface area contributed by atoms with Crippen molar-refractivity contribution in [1.29, 1.82) is 0 Å². The van der Waals surface area contributed by atoms with Gasteiger partial charge in [0.05, 0.1) is 17.7 Å². The molecular weight excluding hydrogens is 219 g/mol. The third-order valence-corrected chi connectivity index (χ3v) is 2.01. The number of benzene rings is 1. The van der Waals surface area contributed by atoms with E-state index in [4.69, 9.17) is 9.47 Å². The van der Waals surface area contributed by atoms with Crippen LogP contribution in [0.4, 0.5) is 0 Å². The van der Waals surface area contributed by atoms with E-state index in [1.807, 2.05) is 27.7 Å². The highest BCUT2D eigenvalue weighted by Crippen LogP contribution is 2.19. The Hall–Kier alpha value is -1.20. The van der Waals surface area contributed by atoms with Crippen molar-refractivity contribution in [3.05, 3.63) is 18.2 Å². The molecule has 0 atom stereocenters. The van der Waals surface area contributed by atoms with Crippen LogP contribution in [0.25, 0.3) is 0 Å². The van der Waals surface area contributed by atoms with Crippen LogP contribution in [0.1, 0.15) is 27.7 Å².